The summed E-state index contributed by atoms with van der Waals surface area (Å²) in [6.45, 7) is 0. The van der Waals surface area contributed by atoms with Crippen molar-refractivity contribution in [1.29, 1.82) is 0 Å². The molecule has 0 saturated carbocycles. The molecule has 0 atom stereocenters. The summed E-state index contributed by atoms with van der Waals surface area (Å²) in [4.78, 5) is 0. The Bertz CT molecular complexity index is 779. The van der Waals surface area contributed by atoms with Crippen LogP contribution in [0, 0.1) is 0 Å². The van der Waals surface area contributed by atoms with Gasteiger partial charge in [-0.15, -0.1) is 5.11 Å². The van der Waals surface area contributed by atoms with Gasteiger partial charge in [0.15, 0.2) is 0 Å². The van der Waals surface area contributed by atoms with Gasteiger partial charge in [-0.1, -0.05) is 6.07 Å². The molecular weight excluding hydrogens is 256 g/mol. The number of nitrogens with one attached hydrogen (secondary N) is 1. The van der Waals surface area contributed by atoms with Crippen LogP contribution in [0.2, 0.25) is 0 Å². The van der Waals surface area contributed by atoms with Crippen molar-refractivity contribution in [3.05, 3.63) is 36.4 Å². The van der Waals surface area contributed by atoms with Crippen molar-refractivity contribution in [2.24, 2.45) is 10.2 Å². The lowest BCUT2D eigenvalue weighted by Gasteiger charge is -2.00. The highest BCUT2D eigenvalue weighted by atomic mass is 16.5. The number of azo groups is 1. The predicted octanol–water partition coefficient (Wildman–Crippen LogP) is 2.96. The van der Waals surface area contributed by atoms with Crippen molar-refractivity contribution in [3.63, 3.8) is 0 Å². The number of nitrogens with two attached hydrogens (primary N) is 1. The molecule has 0 radical (unpaired) electrons. The first-order valence-electron chi connectivity index (χ1n) is 5.92. The normalized spacial score (nSPS) is 11.2. The van der Waals surface area contributed by atoms with Crippen LogP contribution in [0.25, 0.3) is 11.0 Å². The van der Waals surface area contributed by atoms with E-state index >= 15 is 0 Å². The Morgan fingerprint density at radius 2 is 2.05 bits per heavy atom. The quantitative estimate of drug-likeness (QED) is 0.563. The molecule has 7 nitrogen and oxygen atoms in total. The molecule has 0 aliphatic heterocycles. The van der Waals surface area contributed by atoms with Crippen molar-refractivity contribution in [2.45, 2.75) is 0 Å². The van der Waals surface area contributed by atoms with E-state index in [1.54, 1.807) is 25.3 Å². The van der Waals surface area contributed by atoms with Crippen LogP contribution in [0.3, 0.4) is 0 Å². The molecule has 1 heterocycles. The summed E-state index contributed by atoms with van der Waals surface area (Å²) in [6, 6.07) is 10.8. The Balaban J connectivity index is 2.01. The van der Waals surface area contributed by atoms with Crippen LogP contribution in [0.15, 0.2) is 46.6 Å². The number of rotatable bonds is 3. The molecule has 7 heteroatoms. The smallest absolute Gasteiger partial charge is 0.142 e. The Hall–Kier alpha value is -2.96. The summed E-state index contributed by atoms with van der Waals surface area (Å²) in [5.74, 6) is 0.717. The first-order valence-corrected chi connectivity index (χ1v) is 5.92. The highest BCUT2D eigenvalue weighted by Crippen LogP contribution is 2.31. The number of methoxy groups -OCH3 is 1. The second-order valence-electron chi connectivity index (χ2n) is 4.10. The molecule has 0 saturated heterocycles. The molecule has 100 valence electrons. The highest BCUT2D eigenvalue weighted by molar-refractivity contribution is 5.92. The molecule has 1 aromatic heterocycles. The van der Waals surface area contributed by atoms with Crippen molar-refractivity contribution in [3.8, 4) is 5.75 Å². The van der Waals surface area contributed by atoms with E-state index in [4.69, 9.17) is 10.5 Å². The van der Waals surface area contributed by atoms with Gasteiger partial charge in [-0.3, -0.25) is 0 Å². The third-order valence-electron chi connectivity index (χ3n) is 2.81. The fraction of sp³-hybridized carbons (Fsp3) is 0.0769. The van der Waals surface area contributed by atoms with Crippen LogP contribution < -0.4 is 10.5 Å². The van der Waals surface area contributed by atoms with E-state index in [0.29, 0.717) is 33.8 Å². The molecule has 3 N–H and O–H groups in total. The summed E-state index contributed by atoms with van der Waals surface area (Å²) in [5, 5.41) is 18.9. The van der Waals surface area contributed by atoms with Gasteiger partial charge in [0, 0.05) is 6.07 Å². The summed E-state index contributed by atoms with van der Waals surface area (Å²) in [5.41, 5.74) is 8.86. The largest absolute Gasteiger partial charge is 0.497 e. The van der Waals surface area contributed by atoms with Crippen molar-refractivity contribution >= 4 is 28.1 Å². The summed E-state index contributed by atoms with van der Waals surface area (Å²) < 4.78 is 5.13. The van der Waals surface area contributed by atoms with Crippen LogP contribution in [0.4, 0.5) is 17.1 Å². The SMILES string of the molecule is COc1cccc(N=Nc2c(N)ccc3n[nH]nc23)c1. The lowest BCUT2D eigenvalue weighted by molar-refractivity contribution is 0.415. The number of aromatic amines is 1. The van der Waals surface area contributed by atoms with Crippen LogP contribution in [-0.4, -0.2) is 22.5 Å². The predicted molar refractivity (Wildman–Crippen MR) is 75.5 cm³/mol. The maximum atomic E-state index is 5.91. The van der Waals surface area contributed by atoms with Gasteiger partial charge in [-0.25, -0.2) is 0 Å². The van der Waals surface area contributed by atoms with E-state index in [1.165, 1.54) is 0 Å². The number of ether oxygens (including phenoxy) is 1. The molecule has 0 amide bonds. The molecule has 0 fully saturated rings. The number of nitrogen functional groups attached to an aromatic ring is 1. The van der Waals surface area contributed by atoms with Gasteiger partial charge in [0.2, 0.25) is 0 Å². The zero-order chi connectivity index (χ0) is 13.9. The molecule has 0 unspecified atom stereocenters. The third kappa shape index (κ3) is 2.16. The maximum absolute atomic E-state index is 5.91. The van der Waals surface area contributed by atoms with Crippen molar-refractivity contribution < 1.29 is 4.74 Å². The summed E-state index contributed by atoms with van der Waals surface area (Å²) in [7, 11) is 1.60. The van der Waals surface area contributed by atoms with Crippen LogP contribution in [0.5, 0.6) is 5.75 Å². The fourth-order valence-electron chi connectivity index (χ4n) is 1.80. The van der Waals surface area contributed by atoms with Gasteiger partial charge < -0.3 is 10.5 Å². The number of aromatic nitrogens is 3. The molecule has 0 aliphatic carbocycles. The first-order chi connectivity index (χ1) is 9.78. The fourth-order valence-corrected chi connectivity index (χ4v) is 1.80. The average molecular weight is 268 g/mol. The minimum absolute atomic E-state index is 0.498. The van der Waals surface area contributed by atoms with Crippen LogP contribution in [-0.2, 0) is 0 Å². The lowest BCUT2D eigenvalue weighted by Crippen LogP contribution is -1.85. The number of hydrogen-bond acceptors (Lipinski definition) is 6. The number of anilines is 1. The average Bonchev–Trinajstić information content (AvgIpc) is 2.95. The molecule has 0 aliphatic rings. The van der Waals surface area contributed by atoms with E-state index in [2.05, 4.69) is 25.6 Å². The topological polar surface area (TPSA) is 102 Å². The zero-order valence-corrected chi connectivity index (χ0v) is 10.7. The monoisotopic (exact) mass is 268 g/mol. The number of hydrogen-bond donors (Lipinski definition) is 2. The summed E-state index contributed by atoms with van der Waals surface area (Å²) >= 11 is 0. The Morgan fingerprint density at radius 3 is 2.90 bits per heavy atom. The number of fused-ring (bicyclic) bond motifs is 1. The van der Waals surface area contributed by atoms with Crippen LogP contribution in [0.1, 0.15) is 0 Å². The van der Waals surface area contributed by atoms with Gasteiger partial charge in [-0.05, 0) is 24.3 Å². The second-order valence-corrected chi connectivity index (χ2v) is 4.10. The molecule has 3 rings (SSSR count). The highest BCUT2D eigenvalue weighted by Gasteiger charge is 2.08. The minimum Gasteiger partial charge on any atom is -0.497 e. The molecule has 0 spiro atoms. The molecule has 3 aromatic rings. The van der Waals surface area contributed by atoms with E-state index in [-0.39, 0.29) is 0 Å². The van der Waals surface area contributed by atoms with E-state index in [0.717, 1.165) is 0 Å². The lowest BCUT2D eigenvalue weighted by atomic mass is 10.2. The maximum Gasteiger partial charge on any atom is 0.142 e. The van der Waals surface area contributed by atoms with Crippen molar-refractivity contribution in [2.75, 3.05) is 12.8 Å². The first kappa shape index (κ1) is 12.1. The molecule has 0 bridgehead atoms. The van der Waals surface area contributed by atoms with E-state index < -0.39 is 0 Å². The third-order valence-corrected chi connectivity index (χ3v) is 2.81. The van der Waals surface area contributed by atoms with Gasteiger partial charge >= 0.3 is 0 Å². The van der Waals surface area contributed by atoms with Gasteiger partial charge in [0.1, 0.15) is 22.5 Å². The van der Waals surface area contributed by atoms with E-state index in [9.17, 15) is 0 Å². The Labute approximate surface area is 114 Å². The van der Waals surface area contributed by atoms with Crippen molar-refractivity contribution in [1.82, 2.24) is 15.4 Å². The number of benzene rings is 2. The van der Waals surface area contributed by atoms with E-state index in [1.807, 2.05) is 18.2 Å². The van der Waals surface area contributed by atoms with Crippen LogP contribution >= 0.6 is 0 Å². The van der Waals surface area contributed by atoms with Gasteiger partial charge in [0.25, 0.3) is 0 Å². The number of H-pyrrole nitrogens is 1. The Kier molecular flexibility index (Phi) is 3.00. The number of nitrogens with zero attached hydrogens (tertiary/aromatic N) is 4. The molecule has 20 heavy (non-hydrogen) atoms. The van der Waals surface area contributed by atoms with Gasteiger partial charge in [-0.2, -0.15) is 20.5 Å². The molecule has 2 aromatic carbocycles. The zero-order valence-electron chi connectivity index (χ0n) is 10.7. The summed E-state index contributed by atoms with van der Waals surface area (Å²) in [6.07, 6.45) is 0. The second kappa shape index (κ2) is 4.96. The van der Waals surface area contributed by atoms with Gasteiger partial charge in [0.05, 0.1) is 18.5 Å². The standard InChI is InChI=1S/C13H12N6O/c1-20-9-4-2-3-8(7-9)15-17-12-10(14)5-6-11-13(12)18-19-16-11/h2-7H,14H2,1H3,(H,16,18,19). The molecular formula is C13H12N6O. The minimum atomic E-state index is 0.498. The Morgan fingerprint density at radius 1 is 1.15 bits per heavy atom.